The summed E-state index contributed by atoms with van der Waals surface area (Å²) >= 11 is 7.53. The Hall–Kier alpha value is -0.910. The smallest absolute Gasteiger partial charge is 0.261 e. The molecule has 1 aromatic carbocycles. The van der Waals surface area contributed by atoms with Crippen molar-refractivity contribution in [2.75, 3.05) is 18.0 Å². The summed E-state index contributed by atoms with van der Waals surface area (Å²) in [6.07, 6.45) is 4.06. The number of fused-ring (bicyclic) bond motifs is 1. The molecule has 3 nitrogen and oxygen atoms in total. The molecule has 0 aromatic heterocycles. The van der Waals surface area contributed by atoms with Crippen LogP contribution in [0.15, 0.2) is 30.3 Å². The Morgan fingerprint density at radius 2 is 2.17 bits per heavy atom. The maximum absolute atomic E-state index is 10.2. The zero-order valence-corrected chi connectivity index (χ0v) is 15.0. The van der Waals surface area contributed by atoms with Gasteiger partial charge in [0.1, 0.15) is 0 Å². The summed E-state index contributed by atoms with van der Waals surface area (Å²) < 4.78 is 2.24. The first-order valence-electron chi connectivity index (χ1n) is 8.49. The maximum atomic E-state index is 10.2. The lowest BCUT2D eigenvalue weighted by atomic mass is 9.92. The Morgan fingerprint density at radius 1 is 1.39 bits per heavy atom. The first-order valence-corrected chi connectivity index (χ1v) is 9.85. The van der Waals surface area contributed by atoms with E-state index in [1.54, 1.807) is 0 Å². The minimum atomic E-state index is -0.284. The SMILES string of the molecule is CC[C@H](O)[C@H]1C(=S)[N+]2=CC(C3CCN(c4ccccc4)C3)S[C@H]12. The second-order valence-corrected chi connectivity index (χ2v) is 8.44. The van der Waals surface area contributed by atoms with Gasteiger partial charge in [0.15, 0.2) is 12.1 Å². The average Bonchev–Trinajstić information content (AvgIpc) is 3.20. The fourth-order valence-electron chi connectivity index (χ4n) is 3.94. The second-order valence-electron chi connectivity index (χ2n) is 6.72. The second kappa shape index (κ2) is 6.19. The molecular formula is C18H23N2OS2+. The van der Waals surface area contributed by atoms with E-state index in [0.29, 0.717) is 16.5 Å². The molecule has 3 aliphatic rings. The largest absolute Gasteiger partial charge is 0.392 e. The van der Waals surface area contributed by atoms with Crippen LogP contribution in [0.25, 0.3) is 0 Å². The van der Waals surface area contributed by atoms with Crippen LogP contribution < -0.4 is 4.90 Å². The predicted octanol–water partition coefficient (Wildman–Crippen LogP) is 2.77. The Morgan fingerprint density at radius 3 is 2.91 bits per heavy atom. The monoisotopic (exact) mass is 347 g/mol. The molecule has 1 N–H and O–H groups in total. The molecule has 23 heavy (non-hydrogen) atoms. The molecule has 1 aromatic rings. The number of para-hydroxylation sites is 1. The van der Waals surface area contributed by atoms with Crippen LogP contribution in [0.4, 0.5) is 5.69 Å². The van der Waals surface area contributed by atoms with Crippen LogP contribution in [0.1, 0.15) is 19.8 Å². The molecule has 3 heterocycles. The molecule has 0 radical (unpaired) electrons. The molecule has 5 atom stereocenters. The van der Waals surface area contributed by atoms with Gasteiger partial charge >= 0.3 is 0 Å². The molecule has 2 unspecified atom stereocenters. The highest BCUT2D eigenvalue weighted by molar-refractivity contribution is 8.01. The van der Waals surface area contributed by atoms with E-state index in [1.807, 2.05) is 18.7 Å². The van der Waals surface area contributed by atoms with Crippen LogP contribution in [0.2, 0.25) is 0 Å². The number of anilines is 1. The zero-order chi connectivity index (χ0) is 16.0. The number of rotatable bonds is 4. The molecule has 0 saturated carbocycles. The topological polar surface area (TPSA) is 26.5 Å². The van der Waals surface area contributed by atoms with E-state index < -0.39 is 0 Å². The highest BCUT2D eigenvalue weighted by Gasteiger charge is 2.59. The van der Waals surface area contributed by atoms with Gasteiger partial charge in [-0.05, 0) is 43.1 Å². The lowest BCUT2D eigenvalue weighted by Gasteiger charge is -2.32. The number of nitrogens with zero attached hydrogens (tertiary/aromatic N) is 2. The van der Waals surface area contributed by atoms with Crippen LogP contribution in [0.5, 0.6) is 0 Å². The Balaban J connectivity index is 1.42. The molecule has 2 fully saturated rings. The Kier molecular flexibility index (Phi) is 4.20. The van der Waals surface area contributed by atoms with Crippen molar-refractivity contribution in [3.05, 3.63) is 30.3 Å². The van der Waals surface area contributed by atoms with Gasteiger partial charge in [-0.15, -0.1) is 0 Å². The molecule has 0 spiro atoms. The van der Waals surface area contributed by atoms with Gasteiger partial charge in [0.25, 0.3) is 4.99 Å². The van der Waals surface area contributed by atoms with Crippen LogP contribution in [-0.2, 0) is 0 Å². The van der Waals surface area contributed by atoms with E-state index in [0.717, 1.165) is 24.5 Å². The number of thiocarbonyl (C=S) groups is 1. The van der Waals surface area contributed by atoms with E-state index in [1.165, 1.54) is 12.1 Å². The van der Waals surface area contributed by atoms with Crippen molar-refractivity contribution in [2.24, 2.45) is 11.8 Å². The highest BCUT2D eigenvalue weighted by atomic mass is 32.2. The molecule has 0 aliphatic carbocycles. The van der Waals surface area contributed by atoms with Gasteiger partial charge in [0.05, 0.1) is 11.4 Å². The summed E-state index contributed by atoms with van der Waals surface area (Å²) in [7, 11) is 0. The molecule has 2 saturated heterocycles. The molecular weight excluding hydrogens is 324 g/mol. The van der Waals surface area contributed by atoms with Crippen molar-refractivity contribution < 1.29 is 9.68 Å². The summed E-state index contributed by atoms with van der Waals surface area (Å²) in [6.45, 7) is 4.29. The van der Waals surface area contributed by atoms with E-state index in [9.17, 15) is 5.11 Å². The van der Waals surface area contributed by atoms with Crippen molar-refractivity contribution in [1.82, 2.24) is 0 Å². The van der Waals surface area contributed by atoms with Crippen LogP contribution in [0.3, 0.4) is 0 Å². The lowest BCUT2D eigenvalue weighted by Crippen LogP contribution is -2.55. The van der Waals surface area contributed by atoms with Crippen LogP contribution in [0, 0.1) is 11.8 Å². The molecule has 0 bridgehead atoms. The van der Waals surface area contributed by atoms with E-state index >= 15 is 0 Å². The normalized spacial score (nSPS) is 34.1. The van der Waals surface area contributed by atoms with Crippen molar-refractivity contribution in [3.63, 3.8) is 0 Å². The number of aliphatic hydroxyl groups is 1. The van der Waals surface area contributed by atoms with Crippen molar-refractivity contribution in [2.45, 2.75) is 36.5 Å². The third kappa shape index (κ3) is 2.63. The Labute approximate surface area is 147 Å². The quantitative estimate of drug-likeness (QED) is 0.669. The molecule has 4 rings (SSSR count). The lowest BCUT2D eigenvalue weighted by molar-refractivity contribution is -0.476. The van der Waals surface area contributed by atoms with E-state index in [4.69, 9.17) is 12.2 Å². The minimum Gasteiger partial charge on any atom is -0.392 e. The summed E-state index contributed by atoms with van der Waals surface area (Å²) in [4.78, 5) is 3.43. The fraction of sp³-hybridized carbons (Fsp3) is 0.556. The van der Waals surface area contributed by atoms with E-state index in [2.05, 4.69) is 46.0 Å². The minimum absolute atomic E-state index is 0.174. The van der Waals surface area contributed by atoms with Gasteiger partial charge in [-0.2, -0.15) is 4.58 Å². The van der Waals surface area contributed by atoms with Crippen molar-refractivity contribution in [3.8, 4) is 0 Å². The number of thioether (sulfide) groups is 1. The molecule has 3 aliphatic heterocycles. The average molecular weight is 348 g/mol. The summed E-state index contributed by atoms with van der Waals surface area (Å²) in [5.41, 5.74) is 1.33. The van der Waals surface area contributed by atoms with Gasteiger partial charge in [-0.25, -0.2) is 0 Å². The van der Waals surface area contributed by atoms with Gasteiger partial charge in [0, 0.05) is 18.8 Å². The maximum Gasteiger partial charge on any atom is 0.261 e. The van der Waals surface area contributed by atoms with Gasteiger partial charge < -0.3 is 10.0 Å². The third-order valence-electron chi connectivity index (χ3n) is 5.37. The van der Waals surface area contributed by atoms with Gasteiger partial charge in [-0.1, -0.05) is 36.9 Å². The van der Waals surface area contributed by atoms with Crippen LogP contribution >= 0.6 is 24.0 Å². The van der Waals surface area contributed by atoms with Crippen molar-refractivity contribution in [1.29, 1.82) is 0 Å². The zero-order valence-electron chi connectivity index (χ0n) is 13.3. The fourth-order valence-corrected chi connectivity index (χ4v) is 6.32. The number of hydrogen-bond acceptors (Lipinski definition) is 4. The molecule has 5 heteroatoms. The third-order valence-corrected chi connectivity index (χ3v) is 7.47. The summed E-state index contributed by atoms with van der Waals surface area (Å²) in [5.74, 6) is 0.848. The van der Waals surface area contributed by atoms with Gasteiger partial charge in [-0.3, -0.25) is 0 Å². The van der Waals surface area contributed by atoms with Gasteiger partial charge in [0.2, 0.25) is 5.37 Å². The highest BCUT2D eigenvalue weighted by Crippen LogP contribution is 2.45. The molecule has 122 valence electrons. The first-order chi connectivity index (χ1) is 11.2. The molecule has 0 amide bonds. The number of aliphatic hydroxyl groups excluding tert-OH is 1. The van der Waals surface area contributed by atoms with E-state index in [-0.39, 0.29) is 12.0 Å². The number of hydrogen-bond donors (Lipinski definition) is 1. The van der Waals surface area contributed by atoms with Crippen molar-refractivity contribution >= 4 is 40.9 Å². The van der Waals surface area contributed by atoms with Crippen LogP contribution in [-0.4, -0.2) is 50.7 Å². The first kappa shape index (κ1) is 15.6. The standard InChI is InChI=1S/C18H23N2OS2/c1-2-14(21)16-17(22)20-11-15(23-18(16)20)12-8-9-19(10-12)13-6-4-3-5-7-13/h3-7,11-12,14-16,18,21H,2,8-10H2,1H3/q+1/t12?,14-,15?,16-,18+/m0/s1. The number of benzene rings is 1. The Bertz CT molecular complexity index is 633. The summed E-state index contributed by atoms with van der Waals surface area (Å²) in [6, 6.07) is 10.7. The predicted molar refractivity (Wildman–Crippen MR) is 101 cm³/mol. The summed E-state index contributed by atoms with van der Waals surface area (Å²) in [5, 5.41) is 11.1.